The molecule has 0 radical (unpaired) electrons. The summed E-state index contributed by atoms with van der Waals surface area (Å²) in [6, 6.07) is 9.48. The number of rotatable bonds is 6. The van der Waals surface area contributed by atoms with Gasteiger partial charge in [0.05, 0.1) is 17.4 Å². The molecule has 1 unspecified atom stereocenters. The van der Waals surface area contributed by atoms with Crippen molar-refractivity contribution in [2.45, 2.75) is 13.3 Å². The molecule has 1 amide bonds. The Morgan fingerprint density at radius 2 is 2.05 bits per heavy atom. The van der Waals surface area contributed by atoms with E-state index in [0.717, 1.165) is 5.69 Å². The second-order valence-electron chi connectivity index (χ2n) is 4.92. The molecule has 2 N–H and O–H groups in total. The number of hydrogen-bond donors (Lipinski definition) is 2. The maximum atomic E-state index is 12.0. The molecular weight excluding hydrogens is 270 g/mol. The zero-order valence-corrected chi connectivity index (χ0v) is 11.7. The lowest BCUT2D eigenvalue weighted by atomic mass is 10.1. The summed E-state index contributed by atoms with van der Waals surface area (Å²) in [5, 5.41) is 15.5. The number of aromatic nitrogens is 2. The van der Waals surface area contributed by atoms with Crippen molar-refractivity contribution in [3.8, 4) is 5.69 Å². The Balaban J connectivity index is 1.95. The van der Waals surface area contributed by atoms with Gasteiger partial charge in [-0.05, 0) is 18.1 Å². The van der Waals surface area contributed by atoms with E-state index in [1.165, 1.54) is 6.20 Å². The molecule has 0 fully saturated rings. The molecule has 0 aliphatic heterocycles. The molecule has 2 rings (SSSR count). The topological polar surface area (TPSA) is 84.2 Å². The Morgan fingerprint density at radius 3 is 2.71 bits per heavy atom. The third-order valence-electron chi connectivity index (χ3n) is 3.00. The third kappa shape index (κ3) is 4.17. The van der Waals surface area contributed by atoms with E-state index in [1.54, 1.807) is 17.8 Å². The van der Waals surface area contributed by atoms with Crippen LogP contribution in [0.3, 0.4) is 0 Å². The second-order valence-corrected chi connectivity index (χ2v) is 4.92. The SMILES string of the molecule is CC(CNC(=O)c1cnn(-c2ccccc2)c1)CC(=O)O. The number of para-hydroxylation sites is 1. The maximum absolute atomic E-state index is 12.0. The smallest absolute Gasteiger partial charge is 0.303 e. The zero-order valence-electron chi connectivity index (χ0n) is 11.7. The van der Waals surface area contributed by atoms with E-state index in [-0.39, 0.29) is 18.2 Å². The number of carboxylic acid groups (broad SMARTS) is 1. The molecule has 0 saturated heterocycles. The summed E-state index contributed by atoms with van der Waals surface area (Å²) in [5.41, 5.74) is 1.32. The predicted molar refractivity (Wildman–Crippen MR) is 77.3 cm³/mol. The predicted octanol–water partition coefficient (Wildman–Crippen LogP) is 1.71. The first-order valence-electron chi connectivity index (χ1n) is 6.66. The first-order valence-corrected chi connectivity index (χ1v) is 6.66. The van der Waals surface area contributed by atoms with E-state index in [4.69, 9.17) is 5.11 Å². The maximum Gasteiger partial charge on any atom is 0.303 e. The summed E-state index contributed by atoms with van der Waals surface area (Å²) in [7, 11) is 0. The highest BCUT2D eigenvalue weighted by Crippen LogP contribution is 2.08. The minimum atomic E-state index is -0.867. The first-order chi connectivity index (χ1) is 10.1. The van der Waals surface area contributed by atoms with Crippen LogP contribution in [0.2, 0.25) is 0 Å². The molecule has 0 saturated carbocycles. The fourth-order valence-electron chi connectivity index (χ4n) is 1.90. The van der Waals surface area contributed by atoms with E-state index >= 15 is 0 Å². The van der Waals surface area contributed by atoms with E-state index in [1.807, 2.05) is 30.3 Å². The van der Waals surface area contributed by atoms with E-state index in [9.17, 15) is 9.59 Å². The molecule has 0 spiro atoms. The molecule has 6 heteroatoms. The Labute approximate surface area is 122 Å². The lowest BCUT2D eigenvalue weighted by molar-refractivity contribution is -0.137. The van der Waals surface area contributed by atoms with Crippen LogP contribution in [-0.2, 0) is 4.79 Å². The Morgan fingerprint density at radius 1 is 1.33 bits per heavy atom. The third-order valence-corrected chi connectivity index (χ3v) is 3.00. The molecule has 0 bridgehead atoms. The highest BCUT2D eigenvalue weighted by molar-refractivity contribution is 5.93. The zero-order chi connectivity index (χ0) is 15.2. The largest absolute Gasteiger partial charge is 0.481 e. The van der Waals surface area contributed by atoms with Crippen LogP contribution in [0.25, 0.3) is 5.69 Å². The number of amides is 1. The minimum Gasteiger partial charge on any atom is -0.481 e. The van der Waals surface area contributed by atoms with Gasteiger partial charge >= 0.3 is 5.97 Å². The number of carboxylic acids is 1. The summed E-state index contributed by atoms with van der Waals surface area (Å²) in [4.78, 5) is 22.5. The number of hydrogen-bond acceptors (Lipinski definition) is 3. The van der Waals surface area contributed by atoms with Crippen molar-refractivity contribution in [3.63, 3.8) is 0 Å². The minimum absolute atomic E-state index is 0.0313. The second kappa shape index (κ2) is 6.69. The fraction of sp³-hybridized carbons (Fsp3) is 0.267. The van der Waals surface area contributed by atoms with Gasteiger partial charge in [-0.15, -0.1) is 0 Å². The summed E-state index contributed by atoms with van der Waals surface area (Å²) in [5.74, 6) is -1.24. The van der Waals surface area contributed by atoms with Gasteiger partial charge in [-0.25, -0.2) is 4.68 Å². The van der Waals surface area contributed by atoms with Crippen LogP contribution in [0.1, 0.15) is 23.7 Å². The standard InChI is InChI=1S/C15H17N3O3/c1-11(7-14(19)20)8-16-15(21)12-9-17-18(10-12)13-5-3-2-4-6-13/h2-6,9-11H,7-8H2,1H3,(H,16,21)(H,19,20). The van der Waals surface area contributed by atoms with Crippen LogP contribution in [0.4, 0.5) is 0 Å². The number of nitrogens with zero attached hydrogens (tertiary/aromatic N) is 2. The number of aliphatic carboxylic acids is 1. The molecule has 0 aliphatic rings. The van der Waals surface area contributed by atoms with Crippen LogP contribution in [0.5, 0.6) is 0 Å². The van der Waals surface area contributed by atoms with Crippen molar-refractivity contribution < 1.29 is 14.7 Å². The van der Waals surface area contributed by atoms with Crippen LogP contribution >= 0.6 is 0 Å². The number of carbonyl (C=O) groups is 2. The van der Waals surface area contributed by atoms with E-state index in [0.29, 0.717) is 12.1 Å². The Hall–Kier alpha value is -2.63. The first kappa shape index (κ1) is 14.8. The van der Waals surface area contributed by atoms with Gasteiger partial charge in [0.1, 0.15) is 0 Å². The van der Waals surface area contributed by atoms with Gasteiger partial charge in [-0.2, -0.15) is 5.10 Å². The van der Waals surface area contributed by atoms with Crippen LogP contribution in [-0.4, -0.2) is 33.3 Å². The van der Waals surface area contributed by atoms with Crippen LogP contribution in [0, 0.1) is 5.92 Å². The normalized spacial score (nSPS) is 11.9. The fourth-order valence-corrected chi connectivity index (χ4v) is 1.90. The van der Waals surface area contributed by atoms with Gasteiger partial charge in [0, 0.05) is 19.2 Å². The summed E-state index contributed by atoms with van der Waals surface area (Å²) < 4.78 is 1.62. The quantitative estimate of drug-likeness (QED) is 0.847. The molecular formula is C15H17N3O3. The number of nitrogens with one attached hydrogen (secondary N) is 1. The molecule has 2 aromatic rings. The monoisotopic (exact) mass is 287 g/mol. The average molecular weight is 287 g/mol. The van der Waals surface area contributed by atoms with Gasteiger partial charge < -0.3 is 10.4 Å². The van der Waals surface area contributed by atoms with Gasteiger partial charge in [-0.3, -0.25) is 9.59 Å². The summed E-state index contributed by atoms with van der Waals surface area (Å²) in [6.07, 6.45) is 3.17. The Bertz CT molecular complexity index is 622. The highest BCUT2D eigenvalue weighted by atomic mass is 16.4. The number of benzene rings is 1. The number of carbonyl (C=O) groups excluding carboxylic acids is 1. The van der Waals surface area contributed by atoms with Crippen LogP contribution < -0.4 is 5.32 Å². The van der Waals surface area contributed by atoms with Crippen molar-refractivity contribution >= 4 is 11.9 Å². The van der Waals surface area contributed by atoms with Gasteiger partial charge in [-0.1, -0.05) is 25.1 Å². The lowest BCUT2D eigenvalue weighted by Crippen LogP contribution is -2.28. The van der Waals surface area contributed by atoms with Crippen molar-refractivity contribution in [1.29, 1.82) is 0 Å². The van der Waals surface area contributed by atoms with Gasteiger partial charge in [0.25, 0.3) is 5.91 Å². The molecule has 0 aliphatic carbocycles. The van der Waals surface area contributed by atoms with Crippen molar-refractivity contribution in [1.82, 2.24) is 15.1 Å². The van der Waals surface area contributed by atoms with E-state index < -0.39 is 5.97 Å². The summed E-state index contributed by atoms with van der Waals surface area (Å²) in [6.45, 7) is 2.10. The molecule has 21 heavy (non-hydrogen) atoms. The van der Waals surface area contributed by atoms with Crippen molar-refractivity contribution in [3.05, 3.63) is 48.3 Å². The van der Waals surface area contributed by atoms with Gasteiger partial charge in [0.15, 0.2) is 0 Å². The molecule has 110 valence electrons. The average Bonchev–Trinajstić information content (AvgIpc) is 2.95. The van der Waals surface area contributed by atoms with Gasteiger partial charge in [0.2, 0.25) is 0 Å². The van der Waals surface area contributed by atoms with E-state index in [2.05, 4.69) is 10.4 Å². The van der Waals surface area contributed by atoms with Crippen molar-refractivity contribution in [2.75, 3.05) is 6.54 Å². The molecule has 1 heterocycles. The molecule has 1 aromatic carbocycles. The Kier molecular flexibility index (Phi) is 4.71. The molecule has 1 atom stereocenters. The lowest BCUT2D eigenvalue weighted by Gasteiger charge is -2.09. The molecule has 1 aromatic heterocycles. The van der Waals surface area contributed by atoms with Crippen molar-refractivity contribution in [2.24, 2.45) is 5.92 Å². The molecule has 6 nitrogen and oxygen atoms in total. The summed E-state index contributed by atoms with van der Waals surface area (Å²) >= 11 is 0. The highest BCUT2D eigenvalue weighted by Gasteiger charge is 2.12. The van der Waals surface area contributed by atoms with Crippen LogP contribution in [0.15, 0.2) is 42.7 Å².